The number of amides is 1. The van der Waals surface area contributed by atoms with E-state index in [0.29, 0.717) is 30.4 Å². The van der Waals surface area contributed by atoms with Crippen LogP contribution in [0.25, 0.3) is 11.0 Å². The smallest absolute Gasteiger partial charge is 0.255 e. The molecule has 44 heavy (non-hydrogen) atoms. The fourth-order valence-corrected chi connectivity index (χ4v) is 5.56. The first-order valence-electron chi connectivity index (χ1n) is 14.5. The van der Waals surface area contributed by atoms with Crippen molar-refractivity contribution in [1.82, 2.24) is 24.5 Å². The third-order valence-corrected chi connectivity index (χ3v) is 7.74. The van der Waals surface area contributed by atoms with Crippen molar-refractivity contribution in [1.29, 1.82) is 0 Å². The van der Waals surface area contributed by atoms with Gasteiger partial charge in [-0.15, -0.1) is 5.10 Å². The van der Waals surface area contributed by atoms with Gasteiger partial charge in [-0.25, -0.2) is 9.67 Å². The van der Waals surface area contributed by atoms with E-state index in [2.05, 4.69) is 37.6 Å². The van der Waals surface area contributed by atoms with E-state index in [-0.39, 0.29) is 5.91 Å². The summed E-state index contributed by atoms with van der Waals surface area (Å²) in [4.78, 5) is 18.7. The molecule has 1 unspecified atom stereocenters. The number of aryl methyl sites for hydroxylation is 1. The number of ether oxygens (including phenoxy) is 1. The lowest BCUT2D eigenvalue weighted by molar-refractivity contribution is -0.113. The molecule has 0 bridgehead atoms. The molecule has 4 aromatic carbocycles. The van der Waals surface area contributed by atoms with Gasteiger partial charge in [-0.2, -0.15) is 0 Å². The van der Waals surface area contributed by atoms with Crippen LogP contribution in [0.15, 0.2) is 121 Å². The zero-order valence-corrected chi connectivity index (χ0v) is 24.4. The number of imidazole rings is 1. The fourth-order valence-electron chi connectivity index (χ4n) is 5.56. The Morgan fingerprint density at radius 2 is 1.66 bits per heavy atom. The van der Waals surface area contributed by atoms with Crippen LogP contribution in [0.3, 0.4) is 0 Å². The maximum atomic E-state index is 13.9. The summed E-state index contributed by atoms with van der Waals surface area (Å²) in [5, 5.41) is 15.0. The van der Waals surface area contributed by atoms with Crippen LogP contribution in [0.2, 0.25) is 0 Å². The minimum atomic E-state index is -0.406. The first-order valence-corrected chi connectivity index (χ1v) is 14.5. The van der Waals surface area contributed by atoms with E-state index in [1.165, 1.54) is 0 Å². The normalized spacial score (nSPS) is 14.3. The largest absolute Gasteiger partial charge is 0.487 e. The Bertz CT molecular complexity index is 1970. The molecule has 0 fully saturated rings. The Morgan fingerprint density at radius 3 is 2.45 bits per heavy atom. The van der Waals surface area contributed by atoms with Crippen LogP contribution >= 0.6 is 0 Å². The molecule has 218 valence electrons. The van der Waals surface area contributed by atoms with E-state index in [9.17, 15) is 4.79 Å². The van der Waals surface area contributed by atoms with Gasteiger partial charge in [0.15, 0.2) is 0 Å². The summed E-state index contributed by atoms with van der Waals surface area (Å²) in [6, 6.07) is 33.3. The number of carbonyl (C=O) groups excluding carboxylic acids is 1. The van der Waals surface area contributed by atoms with E-state index in [0.717, 1.165) is 44.8 Å². The molecule has 0 saturated heterocycles. The van der Waals surface area contributed by atoms with Crippen molar-refractivity contribution in [2.24, 2.45) is 0 Å². The topological polar surface area (TPSA) is 98.9 Å². The third-order valence-electron chi connectivity index (χ3n) is 7.74. The average molecular weight is 582 g/mol. The van der Waals surface area contributed by atoms with Crippen LogP contribution in [0.1, 0.15) is 35.3 Å². The Kier molecular flexibility index (Phi) is 7.11. The van der Waals surface area contributed by atoms with Gasteiger partial charge in [0, 0.05) is 11.4 Å². The number of hydrogen-bond acceptors (Lipinski definition) is 6. The molecule has 0 saturated carbocycles. The van der Waals surface area contributed by atoms with Gasteiger partial charge in [-0.1, -0.05) is 77.5 Å². The standard InChI is InChI=1S/C35H31N7O2/c1-23-12-16-27(17-13-23)37-34(43)32-24(2)36-35-38-30-10-6-7-11-31(30)42(35)33(32)26-14-18-29(19-15-26)44-22-28-21-41(40-39-28)20-25-8-4-3-5-9-25/h3-19,21,33H,20,22H2,1-2H3,(H,36,38)(H,37,43). The van der Waals surface area contributed by atoms with Crippen LogP contribution < -0.4 is 15.4 Å². The number of para-hydroxylation sites is 2. The molecule has 0 aliphatic carbocycles. The van der Waals surface area contributed by atoms with Crippen LogP contribution in [0, 0.1) is 6.92 Å². The minimum Gasteiger partial charge on any atom is -0.487 e. The Morgan fingerprint density at radius 1 is 0.909 bits per heavy atom. The minimum absolute atomic E-state index is 0.175. The molecular weight excluding hydrogens is 550 g/mol. The summed E-state index contributed by atoms with van der Waals surface area (Å²) < 4.78 is 9.96. The average Bonchev–Trinajstić information content (AvgIpc) is 3.65. The highest BCUT2D eigenvalue weighted by atomic mass is 16.5. The third kappa shape index (κ3) is 5.43. The highest BCUT2D eigenvalue weighted by Gasteiger charge is 2.34. The number of fused-ring (bicyclic) bond motifs is 3. The molecule has 1 amide bonds. The van der Waals surface area contributed by atoms with Gasteiger partial charge in [0.1, 0.15) is 18.1 Å². The number of nitrogens with zero attached hydrogens (tertiary/aromatic N) is 5. The van der Waals surface area contributed by atoms with Gasteiger partial charge >= 0.3 is 0 Å². The van der Waals surface area contributed by atoms with E-state index in [1.807, 2.05) is 111 Å². The van der Waals surface area contributed by atoms with E-state index >= 15 is 0 Å². The molecule has 7 rings (SSSR count). The number of rotatable bonds is 8. The van der Waals surface area contributed by atoms with Crippen molar-refractivity contribution in [2.75, 3.05) is 10.6 Å². The van der Waals surface area contributed by atoms with Gasteiger partial charge in [0.25, 0.3) is 5.91 Å². The van der Waals surface area contributed by atoms with E-state index < -0.39 is 6.04 Å². The number of hydrogen-bond donors (Lipinski definition) is 2. The van der Waals surface area contributed by atoms with Crippen LogP contribution in [-0.2, 0) is 17.9 Å². The number of nitrogens with one attached hydrogen (secondary N) is 2. The summed E-state index contributed by atoms with van der Waals surface area (Å²) in [5.74, 6) is 1.22. The lowest BCUT2D eigenvalue weighted by atomic mass is 9.94. The summed E-state index contributed by atoms with van der Waals surface area (Å²) in [5.41, 5.74) is 7.86. The maximum absolute atomic E-state index is 13.9. The summed E-state index contributed by atoms with van der Waals surface area (Å²) in [7, 11) is 0. The first kappa shape index (κ1) is 27.2. The van der Waals surface area contributed by atoms with Gasteiger partial charge in [-0.3, -0.25) is 9.36 Å². The molecule has 2 aromatic heterocycles. The SMILES string of the molecule is CC1=C(C(=O)Nc2ccc(C)cc2)C(c2ccc(OCc3cn(Cc4ccccc4)nn3)cc2)n2c(nc3ccccc32)N1. The molecule has 1 atom stereocenters. The Hall–Kier alpha value is -5.70. The second-order valence-corrected chi connectivity index (χ2v) is 10.9. The molecule has 1 aliphatic rings. The quantitative estimate of drug-likeness (QED) is 0.213. The monoisotopic (exact) mass is 581 g/mol. The van der Waals surface area contributed by atoms with Gasteiger partial charge in [0.05, 0.1) is 35.4 Å². The summed E-state index contributed by atoms with van der Waals surface area (Å²) >= 11 is 0. The van der Waals surface area contributed by atoms with Crippen LogP contribution in [-0.4, -0.2) is 30.5 Å². The van der Waals surface area contributed by atoms with Gasteiger partial charge in [0.2, 0.25) is 5.95 Å². The zero-order valence-electron chi connectivity index (χ0n) is 24.4. The van der Waals surface area contributed by atoms with Crippen molar-refractivity contribution in [2.45, 2.75) is 33.0 Å². The molecule has 0 spiro atoms. The van der Waals surface area contributed by atoms with Crippen molar-refractivity contribution in [3.63, 3.8) is 0 Å². The second kappa shape index (κ2) is 11.5. The van der Waals surface area contributed by atoms with E-state index in [1.54, 1.807) is 4.68 Å². The van der Waals surface area contributed by atoms with E-state index in [4.69, 9.17) is 9.72 Å². The van der Waals surface area contributed by atoms with Crippen molar-refractivity contribution >= 4 is 28.6 Å². The molecular formula is C35H31N7O2. The van der Waals surface area contributed by atoms with Gasteiger partial charge in [-0.05, 0) is 61.4 Å². The molecule has 9 nitrogen and oxygen atoms in total. The summed E-state index contributed by atoms with van der Waals surface area (Å²) in [6.45, 7) is 4.88. The summed E-state index contributed by atoms with van der Waals surface area (Å²) in [6.07, 6.45) is 1.90. The molecule has 9 heteroatoms. The molecule has 0 radical (unpaired) electrons. The molecule has 3 heterocycles. The van der Waals surface area contributed by atoms with Crippen molar-refractivity contribution in [3.8, 4) is 5.75 Å². The fraction of sp³-hybridized carbons (Fsp3) is 0.143. The number of allylic oxidation sites excluding steroid dienone is 1. The van der Waals surface area contributed by atoms with Gasteiger partial charge < -0.3 is 15.4 Å². The molecule has 2 N–H and O–H groups in total. The highest BCUT2D eigenvalue weighted by Crippen LogP contribution is 2.40. The predicted molar refractivity (Wildman–Crippen MR) is 170 cm³/mol. The zero-order chi connectivity index (χ0) is 30.0. The highest BCUT2D eigenvalue weighted by molar-refractivity contribution is 6.06. The van der Waals surface area contributed by atoms with Crippen molar-refractivity contribution < 1.29 is 9.53 Å². The van der Waals surface area contributed by atoms with Crippen LogP contribution in [0.5, 0.6) is 5.75 Å². The second-order valence-electron chi connectivity index (χ2n) is 10.9. The molecule has 1 aliphatic heterocycles. The molecule has 6 aromatic rings. The Labute approximate surface area is 254 Å². The lowest BCUT2D eigenvalue weighted by Gasteiger charge is -2.31. The Balaban J connectivity index is 1.15. The first-order chi connectivity index (χ1) is 21.5. The van der Waals surface area contributed by atoms with Crippen molar-refractivity contribution in [3.05, 3.63) is 143 Å². The number of benzene rings is 4. The predicted octanol–water partition coefficient (Wildman–Crippen LogP) is 6.49. The van der Waals surface area contributed by atoms with Crippen LogP contribution in [0.4, 0.5) is 11.6 Å². The lowest BCUT2D eigenvalue weighted by Crippen LogP contribution is -2.30. The number of carbonyl (C=O) groups is 1. The number of anilines is 2. The number of aromatic nitrogens is 5. The maximum Gasteiger partial charge on any atom is 0.255 e.